The molecule has 0 saturated carbocycles. The minimum atomic E-state index is -3.17. The van der Waals surface area contributed by atoms with E-state index in [9.17, 15) is 13.5 Å². The van der Waals surface area contributed by atoms with Crippen LogP contribution in [0.25, 0.3) is 0 Å². The van der Waals surface area contributed by atoms with Gasteiger partial charge < -0.3 is 10.0 Å². The van der Waals surface area contributed by atoms with Gasteiger partial charge >= 0.3 is 0 Å². The number of benzene rings is 2. The number of hydrogen-bond donors (Lipinski definition) is 1. The second-order valence-corrected chi connectivity index (χ2v) is 11.5. The van der Waals surface area contributed by atoms with Gasteiger partial charge in [-0.1, -0.05) is 32.0 Å². The van der Waals surface area contributed by atoms with Gasteiger partial charge in [-0.15, -0.1) is 0 Å². The Kier molecular flexibility index (Phi) is 5.92. The van der Waals surface area contributed by atoms with Gasteiger partial charge in [0.2, 0.25) is 0 Å². The maximum Gasteiger partial charge on any atom is 0.175 e. The third-order valence-corrected chi connectivity index (χ3v) is 8.67. The van der Waals surface area contributed by atoms with Crippen LogP contribution < -0.4 is 0 Å². The van der Waals surface area contributed by atoms with Crippen molar-refractivity contribution in [3.8, 4) is 5.75 Å². The molecule has 6 heteroatoms. The minimum Gasteiger partial charge on any atom is -0.508 e. The van der Waals surface area contributed by atoms with Crippen molar-refractivity contribution in [3.63, 3.8) is 0 Å². The molecule has 1 fully saturated rings. The van der Waals surface area contributed by atoms with E-state index >= 15 is 0 Å². The summed E-state index contributed by atoms with van der Waals surface area (Å²) >= 11 is 0. The van der Waals surface area contributed by atoms with Gasteiger partial charge in [0, 0.05) is 30.3 Å². The number of aromatic hydroxyl groups is 1. The summed E-state index contributed by atoms with van der Waals surface area (Å²) < 4.78 is 23.5. The van der Waals surface area contributed by atoms with Crippen molar-refractivity contribution >= 4 is 9.84 Å². The Morgan fingerprint density at radius 3 is 2.55 bits per heavy atom. The zero-order valence-corrected chi connectivity index (χ0v) is 19.8. The fraction of sp³-hybridized carbons (Fsp3) is 0.520. The van der Waals surface area contributed by atoms with E-state index in [1.54, 1.807) is 12.1 Å². The largest absolute Gasteiger partial charge is 0.508 e. The summed E-state index contributed by atoms with van der Waals surface area (Å²) in [6.45, 7) is 7.55. The first-order valence-corrected chi connectivity index (χ1v) is 13.1. The summed E-state index contributed by atoms with van der Waals surface area (Å²) in [6.07, 6.45) is 4.20. The Labute approximate surface area is 186 Å². The molecule has 2 bridgehead atoms. The predicted molar refractivity (Wildman–Crippen MR) is 124 cm³/mol. The lowest BCUT2D eigenvalue weighted by atomic mass is 9.61. The summed E-state index contributed by atoms with van der Waals surface area (Å²) in [5.41, 5.74) is 3.82. The molecule has 5 nitrogen and oxygen atoms in total. The first kappa shape index (κ1) is 22.3. The number of fused-ring (bicyclic) bond motifs is 4. The van der Waals surface area contributed by atoms with Gasteiger partial charge in [0.05, 0.1) is 4.90 Å². The topological polar surface area (TPSA) is 60.9 Å². The summed E-state index contributed by atoms with van der Waals surface area (Å²) in [6, 6.07) is 14.0. The van der Waals surface area contributed by atoms with Crippen LogP contribution in [0.15, 0.2) is 47.4 Å². The van der Waals surface area contributed by atoms with E-state index in [1.807, 2.05) is 24.3 Å². The van der Waals surface area contributed by atoms with Crippen LogP contribution in [0.3, 0.4) is 0 Å². The highest BCUT2D eigenvalue weighted by Gasteiger charge is 2.51. The van der Waals surface area contributed by atoms with Gasteiger partial charge in [0.1, 0.15) is 5.75 Å². The number of likely N-dealkylation sites (N-methyl/N-ethyl adjacent to an activating group) is 2. The smallest absolute Gasteiger partial charge is 0.175 e. The van der Waals surface area contributed by atoms with Crippen molar-refractivity contribution in [1.29, 1.82) is 0 Å². The van der Waals surface area contributed by atoms with Crippen LogP contribution in [0.1, 0.15) is 37.0 Å². The number of nitrogens with zero attached hydrogens (tertiary/aromatic N) is 2. The van der Waals surface area contributed by atoms with Gasteiger partial charge in [0.25, 0.3) is 0 Å². The summed E-state index contributed by atoms with van der Waals surface area (Å²) in [5, 5.41) is 10.2. The number of likely N-dealkylation sites (tertiary alicyclic amines) is 1. The zero-order chi connectivity index (χ0) is 22.4. The molecule has 0 aromatic heterocycles. The van der Waals surface area contributed by atoms with E-state index < -0.39 is 9.84 Å². The van der Waals surface area contributed by atoms with Crippen molar-refractivity contribution in [2.75, 3.05) is 32.9 Å². The molecular formula is C25H34N2O3S. The summed E-state index contributed by atoms with van der Waals surface area (Å²) in [5.74, 6) is 0.352. The van der Waals surface area contributed by atoms with Gasteiger partial charge in [-0.3, -0.25) is 4.90 Å². The third kappa shape index (κ3) is 4.13. The van der Waals surface area contributed by atoms with Crippen molar-refractivity contribution in [3.05, 3.63) is 59.2 Å². The molecule has 1 heterocycles. The molecule has 1 aliphatic carbocycles. The molecule has 1 aliphatic heterocycles. The van der Waals surface area contributed by atoms with Crippen LogP contribution in [-0.2, 0) is 28.1 Å². The van der Waals surface area contributed by atoms with Crippen molar-refractivity contribution in [2.45, 2.75) is 55.5 Å². The van der Waals surface area contributed by atoms with Gasteiger partial charge in [-0.25, -0.2) is 8.42 Å². The molecule has 1 N–H and O–H groups in total. The van der Waals surface area contributed by atoms with Gasteiger partial charge in [-0.2, -0.15) is 0 Å². The molecule has 1 unspecified atom stereocenters. The highest BCUT2D eigenvalue weighted by atomic mass is 32.2. The lowest BCUT2D eigenvalue weighted by Crippen LogP contribution is -2.67. The van der Waals surface area contributed by atoms with Gasteiger partial charge in [-0.05, 0) is 80.4 Å². The molecule has 2 aromatic rings. The van der Waals surface area contributed by atoms with Crippen LogP contribution in [0.4, 0.5) is 0 Å². The number of phenols is 1. The normalized spacial score (nSPS) is 26.1. The van der Waals surface area contributed by atoms with Crippen molar-refractivity contribution in [1.82, 2.24) is 9.80 Å². The third-order valence-electron chi connectivity index (χ3n) is 7.54. The molecule has 3 atom stereocenters. The van der Waals surface area contributed by atoms with E-state index in [2.05, 4.69) is 36.8 Å². The maximum absolute atomic E-state index is 11.7. The first-order chi connectivity index (χ1) is 14.6. The number of sulfone groups is 1. The molecule has 0 radical (unpaired) electrons. The Hall–Kier alpha value is -1.89. The molecule has 31 heavy (non-hydrogen) atoms. The van der Waals surface area contributed by atoms with E-state index in [-0.39, 0.29) is 5.41 Å². The number of hydrogen-bond acceptors (Lipinski definition) is 5. The quantitative estimate of drug-likeness (QED) is 0.744. The highest BCUT2D eigenvalue weighted by Crippen LogP contribution is 2.47. The molecule has 2 aromatic carbocycles. The van der Waals surface area contributed by atoms with E-state index in [0.29, 0.717) is 22.7 Å². The van der Waals surface area contributed by atoms with Crippen molar-refractivity contribution in [2.24, 2.45) is 0 Å². The van der Waals surface area contributed by atoms with Crippen LogP contribution in [0.5, 0.6) is 5.75 Å². The number of piperidine rings is 1. The molecule has 2 aliphatic rings. The summed E-state index contributed by atoms with van der Waals surface area (Å²) in [4.78, 5) is 5.47. The first-order valence-electron chi connectivity index (χ1n) is 11.2. The maximum atomic E-state index is 11.7. The second-order valence-electron chi connectivity index (χ2n) is 9.50. The molecule has 1 saturated heterocycles. The lowest BCUT2D eigenvalue weighted by Gasteiger charge is -2.58. The Balaban J connectivity index is 1.60. The Morgan fingerprint density at radius 1 is 1.19 bits per heavy atom. The fourth-order valence-electron chi connectivity index (χ4n) is 5.77. The van der Waals surface area contributed by atoms with Crippen LogP contribution >= 0.6 is 0 Å². The highest BCUT2D eigenvalue weighted by molar-refractivity contribution is 7.90. The molecule has 0 amide bonds. The summed E-state index contributed by atoms with van der Waals surface area (Å²) in [7, 11) is -0.929. The van der Waals surface area contributed by atoms with E-state index in [0.717, 1.165) is 44.5 Å². The van der Waals surface area contributed by atoms with Crippen LogP contribution in [0.2, 0.25) is 0 Å². The lowest BCUT2D eigenvalue weighted by molar-refractivity contribution is -0.00678. The molecule has 4 rings (SSSR count). The van der Waals surface area contributed by atoms with Crippen LogP contribution in [0, 0.1) is 0 Å². The SMILES string of the molecule is CCN(CCc1ccc(S(C)(=O)=O)cc1)[C@H]1[C@H]2Cc3ccc(O)cc3C1(C)CCN2C. The number of rotatable bonds is 6. The number of phenolic OH excluding ortho intramolecular Hbond substituents is 1. The average molecular weight is 443 g/mol. The second kappa shape index (κ2) is 8.23. The molecule has 0 spiro atoms. The minimum absolute atomic E-state index is 0.000341. The average Bonchev–Trinajstić information content (AvgIpc) is 2.73. The molecule has 168 valence electrons. The Bertz CT molecular complexity index is 1050. The Morgan fingerprint density at radius 2 is 1.90 bits per heavy atom. The zero-order valence-electron chi connectivity index (χ0n) is 19.0. The van der Waals surface area contributed by atoms with E-state index in [4.69, 9.17) is 0 Å². The standard InChI is InChI=1S/C25H34N2O3S/c1-5-27(14-12-18-6-10-21(11-7-18)31(4,29)30)24-23-16-19-8-9-20(28)17-22(19)25(24,2)13-15-26(23)3/h6-11,17,23-24,28H,5,12-16H2,1-4H3/t23-,24+,25?/m1/s1. The monoisotopic (exact) mass is 442 g/mol. The van der Waals surface area contributed by atoms with E-state index in [1.165, 1.54) is 17.4 Å². The van der Waals surface area contributed by atoms with Gasteiger partial charge in [0.15, 0.2) is 9.84 Å². The predicted octanol–water partition coefficient (Wildman–Crippen LogP) is 3.25. The fourth-order valence-corrected chi connectivity index (χ4v) is 6.40. The van der Waals surface area contributed by atoms with Crippen molar-refractivity contribution < 1.29 is 13.5 Å². The molecular weight excluding hydrogens is 408 g/mol. The van der Waals surface area contributed by atoms with Crippen LogP contribution in [-0.4, -0.2) is 68.3 Å².